The first-order valence-corrected chi connectivity index (χ1v) is 4.80. The van der Waals surface area contributed by atoms with Crippen molar-refractivity contribution in [3.63, 3.8) is 0 Å². The fraction of sp³-hybridized carbons (Fsp3) is 0.900. The first-order valence-electron chi connectivity index (χ1n) is 4.80. The molecule has 2 unspecified atom stereocenters. The van der Waals surface area contributed by atoms with Crippen LogP contribution in [0.5, 0.6) is 0 Å². The van der Waals surface area contributed by atoms with Gasteiger partial charge in [0.1, 0.15) is 12.0 Å². The Labute approximate surface area is 73.3 Å². The molecule has 0 aromatic heterocycles. The fourth-order valence-electron chi connectivity index (χ4n) is 1.83. The molecule has 2 heteroatoms. The molecule has 0 amide bonds. The van der Waals surface area contributed by atoms with Gasteiger partial charge in [0, 0.05) is 11.8 Å². The van der Waals surface area contributed by atoms with Crippen LogP contribution >= 0.6 is 0 Å². The predicted molar refractivity (Wildman–Crippen MR) is 46.7 cm³/mol. The maximum absolute atomic E-state index is 13.2. The number of alkyl halides is 1. The van der Waals surface area contributed by atoms with Crippen molar-refractivity contribution in [3.8, 4) is 0 Å². The molecular weight excluding hydrogens is 155 g/mol. The Morgan fingerprint density at radius 3 is 2.42 bits per heavy atom. The van der Waals surface area contributed by atoms with E-state index in [2.05, 4.69) is 0 Å². The van der Waals surface area contributed by atoms with Crippen molar-refractivity contribution >= 4 is 5.78 Å². The van der Waals surface area contributed by atoms with Gasteiger partial charge in [-0.1, -0.05) is 26.7 Å². The average molecular weight is 172 g/mol. The van der Waals surface area contributed by atoms with E-state index in [4.69, 9.17) is 0 Å². The van der Waals surface area contributed by atoms with Crippen LogP contribution in [0.1, 0.15) is 39.5 Å². The standard InChI is InChI=1S/C10H17FO/c1-7(2)10(12)8-5-3-4-6-9(8)11/h7-9H,3-6H2,1-2H3. The summed E-state index contributed by atoms with van der Waals surface area (Å²) in [5, 5.41) is 0. The molecule has 0 saturated heterocycles. The Kier molecular flexibility index (Phi) is 3.24. The largest absolute Gasteiger partial charge is 0.299 e. The molecule has 70 valence electrons. The number of Topliss-reactive ketones (excluding diaryl/α,β-unsaturated/α-hetero) is 1. The molecule has 0 spiro atoms. The Morgan fingerprint density at radius 1 is 1.33 bits per heavy atom. The first kappa shape index (κ1) is 9.69. The van der Waals surface area contributed by atoms with Crippen LogP contribution in [-0.4, -0.2) is 12.0 Å². The number of halogens is 1. The first-order chi connectivity index (χ1) is 5.63. The summed E-state index contributed by atoms with van der Waals surface area (Å²) < 4.78 is 13.2. The number of carbonyl (C=O) groups excluding carboxylic acids is 1. The number of hydrogen-bond donors (Lipinski definition) is 0. The highest BCUT2D eigenvalue weighted by atomic mass is 19.1. The molecule has 2 atom stereocenters. The second kappa shape index (κ2) is 4.01. The van der Waals surface area contributed by atoms with E-state index >= 15 is 0 Å². The van der Waals surface area contributed by atoms with E-state index < -0.39 is 6.17 Å². The zero-order valence-electron chi connectivity index (χ0n) is 7.85. The Bertz CT molecular complexity index is 165. The van der Waals surface area contributed by atoms with E-state index in [-0.39, 0.29) is 17.6 Å². The van der Waals surface area contributed by atoms with Gasteiger partial charge in [0.15, 0.2) is 0 Å². The lowest BCUT2D eigenvalue weighted by molar-refractivity contribution is -0.129. The number of hydrogen-bond acceptors (Lipinski definition) is 1. The molecule has 0 radical (unpaired) electrons. The summed E-state index contributed by atoms with van der Waals surface area (Å²) in [6.45, 7) is 3.70. The minimum Gasteiger partial charge on any atom is -0.299 e. The van der Waals surface area contributed by atoms with Crippen molar-refractivity contribution in [2.75, 3.05) is 0 Å². The highest BCUT2D eigenvalue weighted by Gasteiger charge is 2.31. The minimum atomic E-state index is -0.867. The van der Waals surface area contributed by atoms with Gasteiger partial charge >= 0.3 is 0 Å². The normalized spacial score (nSPS) is 30.7. The summed E-state index contributed by atoms with van der Waals surface area (Å²) in [5.41, 5.74) is 0. The minimum absolute atomic E-state index is 0.00801. The third-order valence-electron chi connectivity index (χ3n) is 2.62. The van der Waals surface area contributed by atoms with E-state index in [9.17, 15) is 9.18 Å². The lowest BCUT2D eigenvalue weighted by atomic mass is 9.81. The summed E-state index contributed by atoms with van der Waals surface area (Å²) in [4.78, 5) is 11.5. The summed E-state index contributed by atoms with van der Waals surface area (Å²) in [7, 11) is 0. The SMILES string of the molecule is CC(C)C(=O)C1CCCCC1F. The highest BCUT2D eigenvalue weighted by Crippen LogP contribution is 2.29. The molecule has 0 N–H and O–H groups in total. The van der Waals surface area contributed by atoms with Crippen molar-refractivity contribution in [1.29, 1.82) is 0 Å². The van der Waals surface area contributed by atoms with E-state index in [1.807, 2.05) is 13.8 Å². The summed E-state index contributed by atoms with van der Waals surface area (Å²) in [5.74, 6) is -0.188. The summed E-state index contributed by atoms with van der Waals surface area (Å²) >= 11 is 0. The van der Waals surface area contributed by atoms with E-state index in [1.165, 1.54) is 0 Å². The Balaban J connectivity index is 2.53. The van der Waals surface area contributed by atoms with Crippen LogP contribution in [0.4, 0.5) is 4.39 Å². The maximum atomic E-state index is 13.2. The fourth-order valence-corrected chi connectivity index (χ4v) is 1.83. The molecule has 1 saturated carbocycles. The zero-order chi connectivity index (χ0) is 9.14. The third kappa shape index (κ3) is 2.05. The van der Waals surface area contributed by atoms with Crippen LogP contribution in [0, 0.1) is 11.8 Å². The maximum Gasteiger partial charge on any atom is 0.141 e. The number of ketones is 1. The lowest BCUT2D eigenvalue weighted by Crippen LogP contribution is -2.31. The zero-order valence-corrected chi connectivity index (χ0v) is 7.85. The molecule has 1 fully saturated rings. The van der Waals surface area contributed by atoms with Crippen molar-refractivity contribution in [3.05, 3.63) is 0 Å². The molecule has 1 nitrogen and oxygen atoms in total. The second-order valence-corrected chi connectivity index (χ2v) is 3.96. The van der Waals surface area contributed by atoms with Crippen molar-refractivity contribution in [1.82, 2.24) is 0 Å². The van der Waals surface area contributed by atoms with E-state index in [0.29, 0.717) is 6.42 Å². The van der Waals surface area contributed by atoms with Crippen molar-refractivity contribution in [2.24, 2.45) is 11.8 Å². The van der Waals surface area contributed by atoms with Gasteiger partial charge in [-0.05, 0) is 12.8 Å². The molecule has 0 aromatic rings. The lowest BCUT2D eigenvalue weighted by Gasteiger charge is -2.25. The van der Waals surface area contributed by atoms with Gasteiger partial charge in [-0.15, -0.1) is 0 Å². The van der Waals surface area contributed by atoms with Crippen molar-refractivity contribution < 1.29 is 9.18 Å². The van der Waals surface area contributed by atoms with E-state index in [1.54, 1.807) is 0 Å². The molecular formula is C10H17FO. The predicted octanol–water partition coefficient (Wildman–Crippen LogP) is 2.74. The van der Waals surface area contributed by atoms with Crippen LogP contribution < -0.4 is 0 Å². The van der Waals surface area contributed by atoms with E-state index in [0.717, 1.165) is 19.3 Å². The topological polar surface area (TPSA) is 17.1 Å². The van der Waals surface area contributed by atoms with Crippen LogP contribution in [0.15, 0.2) is 0 Å². The highest BCUT2D eigenvalue weighted by molar-refractivity contribution is 5.83. The van der Waals surface area contributed by atoms with Gasteiger partial charge in [-0.2, -0.15) is 0 Å². The van der Waals surface area contributed by atoms with Gasteiger partial charge in [-0.25, -0.2) is 4.39 Å². The molecule has 1 aliphatic carbocycles. The molecule has 0 bridgehead atoms. The van der Waals surface area contributed by atoms with Gasteiger partial charge in [0.05, 0.1) is 0 Å². The average Bonchev–Trinajstić information content (AvgIpc) is 2.04. The van der Waals surface area contributed by atoms with Gasteiger partial charge in [0.2, 0.25) is 0 Å². The number of carbonyl (C=O) groups is 1. The molecule has 12 heavy (non-hydrogen) atoms. The summed E-state index contributed by atoms with van der Waals surface area (Å²) in [6.07, 6.45) is 2.45. The molecule has 0 aromatic carbocycles. The Hall–Kier alpha value is -0.400. The Morgan fingerprint density at radius 2 is 1.92 bits per heavy atom. The smallest absolute Gasteiger partial charge is 0.141 e. The molecule has 1 aliphatic rings. The third-order valence-corrected chi connectivity index (χ3v) is 2.62. The van der Waals surface area contributed by atoms with Crippen LogP contribution in [0.2, 0.25) is 0 Å². The summed E-state index contributed by atoms with van der Waals surface area (Å²) in [6, 6.07) is 0. The quantitative estimate of drug-likeness (QED) is 0.626. The molecule has 0 aliphatic heterocycles. The monoisotopic (exact) mass is 172 g/mol. The van der Waals surface area contributed by atoms with Gasteiger partial charge in [0.25, 0.3) is 0 Å². The van der Waals surface area contributed by atoms with Gasteiger partial charge < -0.3 is 0 Å². The molecule has 1 rings (SSSR count). The second-order valence-electron chi connectivity index (χ2n) is 3.96. The van der Waals surface area contributed by atoms with Crippen LogP contribution in [0.3, 0.4) is 0 Å². The van der Waals surface area contributed by atoms with Crippen molar-refractivity contribution in [2.45, 2.75) is 45.7 Å². The number of rotatable bonds is 2. The molecule has 0 heterocycles. The van der Waals surface area contributed by atoms with Crippen LogP contribution in [-0.2, 0) is 4.79 Å². The van der Waals surface area contributed by atoms with Crippen LogP contribution in [0.25, 0.3) is 0 Å². The van der Waals surface area contributed by atoms with Gasteiger partial charge in [-0.3, -0.25) is 4.79 Å².